The molecule has 0 unspecified atom stereocenters. The Morgan fingerprint density at radius 3 is 2.36 bits per heavy atom. The summed E-state index contributed by atoms with van der Waals surface area (Å²) in [4.78, 5) is 21.9. The van der Waals surface area contributed by atoms with Crippen LogP contribution in [0.5, 0.6) is 0 Å². The van der Waals surface area contributed by atoms with Gasteiger partial charge < -0.3 is 0 Å². The predicted molar refractivity (Wildman–Crippen MR) is 61.0 cm³/mol. The van der Waals surface area contributed by atoms with Crippen molar-refractivity contribution in [3.8, 4) is 0 Å². The van der Waals surface area contributed by atoms with Gasteiger partial charge in [0.15, 0.2) is 5.12 Å². The van der Waals surface area contributed by atoms with Gasteiger partial charge in [0.1, 0.15) is 0 Å². The van der Waals surface area contributed by atoms with E-state index in [2.05, 4.69) is 0 Å². The Morgan fingerprint density at radius 1 is 1.14 bits per heavy atom. The van der Waals surface area contributed by atoms with E-state index in [1.54, 1.807) is 0 Å². The zero-order valence-electron chi connectivity index (χ0n) is 7.73. The average Bonchev–Trinajstić information content (AvgIpc) is 2.16. The number of benzene rings is 1. The highest BCUT2D eigenvalue weighted by atomic mass is 33.1. The van der Waals surface area contributed by atoms with E-state index in [4.69, 9.17) is 0 Å². The predicted octanol–water partition coefficient (Wildman–Crippen LogP) is 2.68. The molecule has 1 aromatic carbocycles. The molecule has 0 N–H and O–H groups in total. The second-order valence-electron chi connectivity index (χ2n) is 2.69. The maximum atomic E-state index is 11.3. The van der Waals surface area contributed by atoms with Crippen LogP contribution >= 0.6 is 21.6 Å². The largest absolute Gasteiger partial charge is 0.287 e. The Labute approximate surface area is 90.9 Å². The monoisotopic (exact) mass is 226 g/mol. The maximum absolute atomic E-state index is 11.3. The summed E-state index contributed by atoms with van der Waals surface area (Å²) in [5.74, 6) is 0. The summed E-state index contributed by atoms with van der Waals surface area (Å²) < 4.78 is 0. The van der Waals surface area contributed by atoms with Gasteiger partial charge in [0.2, 0.25) is 5.12 Å². The summed E-state index contributed by atoms with van der Waals surface area (Å²) in [6, 6.07) is 9.50. The third kappa shape index (κ3) is 4.48. The zero-order valence-corrected chi connectivity index (χ0v) is 9.36. The van der Waals surface area contributed by atoms with Crippen molar-refractivity contribution in [3.63, 3.8) is 0 Å². The van der Waals surface area contributed by atoms with Crippen molar-refractivity contribution in [3.05, 3.63) is 35.9 Å². The molecule has 0 amide bonds. The van der Waals surface area contributed by atoms with Crippen LogP contribution in [0.2, 0.25) is 0 Å². The normalized spacial score (nSPS) is 9.79. The summed E-state index contributed by atoms with van der Waals surface area (Å²) in [7, 11) is 1.99. The van der Waals surface area contributed by atoms with Crippen LogP contribution in [-0.4, -0.2) is 10.2 Å². The molecule has 0 bridgehead atoms. The minimum absolute atomic E-state index is 0.0106. The number of hydrogen-bond donors (Lipinski definition) is 0. The fraction of sp³-hybridized carbons (Fsp3) is 0.200. The number of hydrogen-bond acceptors (Lipinski definition) is 4. The molecule has 0 heterocycles. The van der Waals surface area contributed by atoms with Crippen LogP contribution in [-0.2, 0) is 16.0 Å². The third-order valence-corrected chi connectivity index (χ3v) is 3.60. The van der Waals surface area contributed by atoms with Crippen LogP contribution < -0.4 is 0 Å². The van der Waals surface area contributed by atoms with E-state index in [-0.39, 0.29) is 10.2 Å². The lowest BCUT2D eigenvalue weighted by molar-refractivity contribution is -0.111. The molecule has 0 radical (unpaired) electrons. The second kappa shape index (κ2) is 5.88. The van der Waals surface area contributed by atoms with E-state index in [0.29, 0.717) is 6.42 Å². The molecule has 0 fully saturated rings. The molecule has 0 spiro atoms. The second-order valence-corrected chi connectivity index (χ2v) is 5.06. The Morgan fingerprint density at radius 2 is 1.79 bits per heavy atom. The summed E-state index contributed by atoms with van der Waals surface area (Å²) in [6.45, 7) is 1.45. The van der Waals surface area contributed by atoms with Crippen molar-refractivity contribution in [1.29, 1.82) is 0 Å². The highest BCUT2D eigenvalue weighted by Gasteiger charge is 2.06. The zero-order chi connectivity index (χ0) is 10.4. The fourth-order valence-electron chi connectivity index (χ4n) is 0.897. The van der Waals surface area contributed by atoms with E-state index in [1.165, 1.54) is 6.92 Å². The molecular formula is C10H10O2S2. The van der Waals surface area contributed by atoms with Crippen molar-refractivity contribution in [2.24, 2.45) is 0 Å². The lowest BCUT2D eigenvalue weighted by atomic mass is 10.2. The SMILES string of the molecule is CC(=O)SSC(=O)Cc1ccccc1. The highest BCUT2D eigenvalue weighted by molar-refractivity contribution is 8.87. The van der Waals surface area contributed by atoms with Gasteiger partial charge in [-0.3, -0.25) is 9.59 Å². The molecular weight excluding hydrogens is 216 g/mol. The number of carbonyl (C=O) groups is 2. The van der Waals surface area contributed by atoms with E-state index in [1.807, 2.05) is 30.3 Å². The first-order valence-corrected chi connectivity index (χ1v) is 6.25. The fourth-order valence-corrected chi connectivity index (χ4v) is 2.14. The standard InChI is InChI=1S/C10H10O2S2/c1-8(11)13-14-10(12)7-9-5-3-2-4-6-9/h2-6H,7H2,1H3. The number of carbonyl (C=O) groups excluding carboxylic acids is 2. The molecule has 1 rings (SSSR count). The molecule has 0 saturated carbocycles. The van der Waals surface area contributed by atoms with Gasteiger partial charge in [-0.15, -0.1) is 0 Å². The van der Waals surface area contributed by atoms with Crippen molar-refractivity contribution < 1.29 is 9.59 Å². The first-order chi connectivity index (χ1) is 6.68. The summed E-state index contributed by atoms with van der Waals surface area (Å²) in [5.41, 5.74) is 0.981. The van der Waals surface area contributed by atoms with Crippen molar-refractivity contribution >= 4 is 31.8 Å². The Kier molecular flexibility index (Phi) is 4.76. The minimum atomic E-state index is -0.0450. The topological polar surface area (TPSA) is 34.1 Å². The van der Waals surface area contributed by atoms with Crippen LogP contribution in [0.4, 0.5) is 0 Å². The van der Waals surface area contributed by atoms with Gasteiger partial charge in [0, 0.05) is 13.3 Å². The average molecular weight is 226 g/mol. The molecule has 0 aromatic heterocycles. The minimum Gasteiger partial charge on any atom is -0.287 e. The Balaban J connectivity index is 2.38. The maximum Gasteiger partial charge on any atom is 0.204 e. The van der Waals surface area contributed by atoms with Gasteiger partial charge in [-0.05, 0) is 27.2 Å². The summed E-state index contributed by atoms with van der Waals surface area (Å²) >= 11 is 0. The third-order valence-electron chi connectivity index (χ3n) is 1.44. The van der Waals surface area contributed by atoms with Gasteiger partial charge in [-0.25, -0.2) is 0 Å². The lowest BCUT2D eigenvalue weighted by Gasteiger charge is -1.98. The van der Waals surface area contributed by atoms with Crippen LogP contribution in [0.1, 0.15) is 12.5 Å². The molecule has 2 nitrogen and oxygen atoms in total. The molecule has 4 heteroatoms. The molecule has 0 atom stereocenters. The molecule has 1 aromatic rings. The molecule has 0 saturated heterocycles. The van der Waals surface area contributed by atoms with Crippen LogP contribution in [0, 0.1) is 0 Å². The van der Waals surface area contributed by atoms with E-state index < -0.39 is 0 Å². The molecule has 74 valence electrons. The van der Waals surface area contributed by atoms with Crippen LogP contribution in [0.25, 0.3) is 0 Å². The summed E-state index contributed by atoms with van der Waals surface area (Å²) in [5, 5.41) is -0.0344. The molecule has 0 aliphatic carbocycles. The van der Waals surface area contributed by atoms with Crippen LogP contribution in [0.15, 0.2) is 30.3 Å². The molecule has 0 aliphatic rings. The van der Waals surface area contributed by atoms with Gasteiger partial charge >= 0.3 is 0 Å². The lowest BCUT2D eigenvalue weighted by Crippen LogP contribution is -1.95. The number of rotatable bonds is 2. The van der Waals surface area contributed by atoms with Crippen molar-refractivity contribution in [1.82, 2.24) is 0 Å². The van der Waals surface area contributed by atoms with E-state index >= 15 is 0 Å². The molecule has 14 heavy (non-hydrogen) atoms. The van der Waals surface area contributed by atoms with Crippen LogP contribution in [0.3, 0.4) is 0 Å². The first-order valence-electron chi connectivity index (χ1n) is 4.10. The van der Waals surface area contributed by atoms with Gasteiger partial charge in [0.05, 0.1) is 0 Å². The first kappa shape index (κ1) is 11.3. The summed E-state index contributed by atoms with van der Waals surface area (Å²) in [6.07, 6.45) is 0.381. The molecule has 0 aliphatic heterocycles. The van der Waals surface area contributed by atoms with Gasteiger partial charge in [0.25, 0.3) is 0 Å². The smallest absolute Gasteiger partial charge is 0.204 e. The van der Waals surface area contributed by atoms with E-state index in [0.717, 1.165) is 27.2 Å². The van der Waals surface area contributed by atoms with Crippen molar-refractivity contribution in [2.45, 2.75) is 13.3 Å². The quantitative estimate of drug-likeness (QED) is 0.726. The highest BCUT2D eigenvalue weighted by Crippen LogP contribution is 2.24. The Hall–Kier alpha value is -0.740. The van der Waals surface area contributed by atoms with Gasteiger partial charge in [-0.2, -0.15) is 0 Å². The van der Waals surface area contributed by atoms with E-state index in [9.17, 15) is 9.59 Å². The Bertz CT molecular complexity index is 322. The van der Waals surface area contributed by atoms with Crippen molar-refractivity contribution in [2.75, 3.05) is 0 Å². The van der Waals surface area contributed by atoms with Gasteiger partial charge in [-0.1, -0.05) is 30.3 Å².